The van der Waals surface area contributed by atoms with Crippen LogP contribution in [0.3, 0.4) is 0 Å². The minimum atomic E-state index is -0.240. The van der Waals surface area contributed by atoms with Crippen LogP contribution in [0.4, 0.5) is 11.6 Å². The molecular formula is C13H19Cl2N3O. The predicted molar refractivity (Wildman–Crippen MR) is 80.4 cm³/mol. The van der Waals surface area contributed by atoms with E-state index in [4.69, 9.17) is 23.2 Å². The van der Waals surface area contributed by atoms with Crippen LogP contribution in [0.1, 0.15) is 20.3 Å². The molecule has 0 aromatic carbocycles. The molecule has 1 aliphatic rings. The fourth-order valence-corrected chi connectivity index (χ4v) is 2.84. The lowest BCUT2D eigenvalue weighted by Gasteiger charge is -2.35. The van der Waals surface area contributed by atoms with Gasteiger partial charge in [0.15, 0.2) is 0 Å². The number of halogens is 2. The Bertz CT molecular complexity index is 456. The third kappa shape index (κ3) is 3.25. The first-order valence-corrected chi connectivity index (χ1v) is 7.31. The summed E-state index contributed by atoms with van der Waals surface area (Å²) >= 11 is 12.3. The number of nitrogens with one attached hydrogen (secondary N) is 1. The molecule has 1 saturated heterocycles. The van der Waals surface area contributed by atoms with Crippen LogP contribution < -0.4 is 10.2 Å². The lowest BCUT2D eigenvalue weighted by Crippen LogP contribution is -2.42. The number of aliphatic hydroxyl groups excluding tert-OH is 1. The molecule has 2 atom stereocenters. The predicted octanol–water partition coefficient (Wildman–Crippen LogP) is 3.03. The van der Waals surface area contributed by atoms with Crippen LogP contribution in [-0.4, -0.2) is 35.8 Å². The summed E-state index contributed by atoms with van der Waals surface area (Å²) in [5.41, 5.74) is 0. The van der Waals surface area contributed by atoms with E-state index in [1.165, 1.54) is 0 Å². The number of aromatic nitrogens is 1. The number of rotatable bonds is 3. The van der Waals surface area contributed by atoms with Gasteiger partial charge in [0.1, 0.15) is 11.6 Å². The van der Waals surface area contributed by atoms with Crippen molar-refractivity contribution in [3.05, 3.63) is 16.1 Å². The fraction of sp³-hybridized carbons (Fsp3) is 0.615. The van der Waals surface area contributed by atoms with E-state index in [0.717, 1.165) is 31.9 Å². The average molecular weight is 304 g/mol. The molecule has 2 N–H and O–H groups in total. The van der Waals surface area contributed by atoms with E-state index in [9.17, 15) is 5.11 Å². The van der Waals surface area contributed by atoms with Gasteiger partial charge in [-0.3, -0.25) is 0 Å². The number of anilines is 2. The molecule has 2 unspecified atom stereocenters. The number of hydrogen-bond donors (Lipinski definition) is 2. The molecule has 2 heterocycles. The van der Waals surface area contributed by atoms with Crippen LogP contribution in [0.2, 0.25) is 10.0 Å². The summed E-state index contributed by atoms with van der Waals surface area (Å²) in [6, 6.07) is 1.72. The van der Waals surface area contributed by atoms with Crippen molar-refractivity contribution in [2.24, 2.45) is 5.92 Å². The number of pyridine rings is 1. The first-order chi connectivity index (χ1) is 9.02. The van der Waals surface area contributed by atoms with E-state index < -0.39 is 0 Å². The monoisotopic (exact) mass is 303 g/mol. The van der Waals surface area contributed by atoms with Crippen LogP contribution in [0.25, 0.3) is 0 Å². The maximum absolute atomic E-state index is 9.78. The summed E-state index contributed by atoms with van der Waals surface area (Å²) in [6.45, 7) is 6.28. The van der Waals surface area contributed by atoms with Crippen molar-refractivity contribution in [3.63, 3.8) is 0 Å². The molecule has 0 radical (unpaired) electrons. The van der Waals surface area contributed by atoms with E-state index in [0.29, 0.717) is 15.9 Å². The van der Waals surface area contributed by atoms with E-state index in [-0.39, 0.29) is 12.0 Å². The number of piperidine rings is 1. The Labute approximate surface area is 123 Å². The summed E-state index contributed by atoms with van der Waals surface area (Å²) in [7, 11) is 0. The molecule has 1 aromatic heterocycles. The Balaban J connectivity index is 2.26. The third-order valence-corrected chi connectivity index (χ3v) is 3.98. The Hall–Kier alpha value is -0.710. The van der Waals surface area contributed by atoms with Gasteiger partial charge in [-0.15, -0.1) is 0 Å². The van der Waals surface area contributed by atoms with Gasteiger partial charge in [-0.25, -0.2) is 4.98 Å². The third-order valence-electron chi connectivity index (χ3n) is 3.41. The minimum Gasteiger partial charge on any atom is -0.393 e. The van der Waals surface area contributed by atoms with E-state index in [1.807, 2.05) is 13.8 Å². The standard InChI is InChI=1S/C13H19Cl2N3O/c1-3-16-12-9(14)6-10(15)13(17-12)18-5-4-11(19)8(2)7-18/h6,8,11,19H,3-5,7H2,1-2H3,(H,16,17). The van der Waals surface area contributed by atoms with Crippen LogP contribution in [0, 0.1) is 5.92 Å². The van der Waals surface area contributed by atoms with Gasteiger partial charge in [0.25, 0.3) is 0 Å². The Morgan fingerprint density at radius 1 is 1.47 bits per heavy atom. The maximum Gasteiger partial charge on any atom is 0.149 e. The summed E-state index contributed by atoms with van der Waals surface area (Å²) in [6.07, 6.45) is 0.494. The minimum absolute atomic E-state index is 0.213. The van der Waals surface area contributed by atoms with Crippen molar-refractivity contribution >= 4 is 34.8 Å². The Morgan fingerprint density at radius 2 is 2.21 bits per heavy atom. The topological polar surface area (TPSA) is 48.4 Å². The van der Waals surface area contributed by atoms with Crippen LogP contribution in [0.5, 0.6) is 0 Å². The highest BCUT2D eigenvalue weighted by Gasteiger charge is 2.26. The van der Waals surface area contributed by atoms with Gasteiger partial charge >= 0.3 is 0 Å². The maximum atomic E-state index is 9.78. The second-order valence-corrected chi connectivity index (χ2v) is 5.75. The van der Waals surface area contributed by atoms with Crippen molar-refractivity contribution in [2.75, 3.05) is 29.9 Å². The Morgan fingerprint density at radius 3 is 2.84 bits per heavy atom. The second-order valence-electron chi connectivity index (χ2n) is 4.93. The molecule has 0 amide bonds. The van der Waals surface area contributed by atoms with Crippen molar-refractivity contribution in [3.8, 4) is 0 Å². The number of nitrogens with zero attached hydrogens (tertiary/aromatic N) is 2. The quantitative estimate of drug-likeness (QED) is 0.901. The van der Waals surface area contributed by atoms with Crippen LogP contribution in [0.15, 0.2) is 6.07 Å². The molecule has 19 heavy (non-hydrogen) atoms. The Kier molecular flexibility index (Phi) is 4.76. The lowest BCUT2D eigenvalue weighted by molar-refractivity contribution is 0.0969. The fourth-order valence-electron chi connectivity index (χ4n) is 2.30. The molecule has 1 fully saturated rings. The van der Waals surface area contributed by atoms with Gasteiger partial charge < -0.3 is 15.3 Å². The number of hydrogen-bond acceptors (Lipinski definition) is 4. The summed E-state index contributed by atoms with van der Waals surface area (Å²) < 4.78 is 0. The summed E-state index contributed by atoms with van der Waals surface area (Å²) in [5.74, 6) is 1.60. The van der Waals surface area contributed by atoms with E-state index >= 15 is 0 Å². The molecule has 1 aliphatic heterocycles. The molecule has 0 bridgehead atoms. The highest BCUT2D eigenvalue weighted by molar-refractivity contribution is 6.37. The molecule has 0 spiro atoms. The van der Waals surface area contributed by atoms with Gasteiger partial charge in [-0.2, -0.15) is 0 Å². The molecule has 4 nitrogen and oxygen atoms in total. The van der Waals surface area contributed by atoms with E-state index in [2.05, 4.69) is 15.2 Å². The van der Waals surface area contributed by atoms with Crippen molar-refractivity contribution in [2.45, 2.75) is 26.4 Å². The first kappa shape index (κ1) is 14.7. The van der Waals surface area contributed by atoms with Crippen LogP contribution >= 0.6 is 23.2 Å². The highest BCUT2D eigenvalue weighted by Crippen LogP contribution is 2.33. The molecule has 2 rings (SSSR count). The number of aliphatic hydroxyl groups is 1. The van der Waals surface area contributed by atoms with Gasteiger partial charge in [0.05, 0.1) is 16.1 Å². The molecule has 1 aromatic rings. The zero-order valence-corrected chi connectivity index (χ0v) is 12.7. The smallest absolute Gasteiger partial charge is 0.149 e. The molecule has 6 heteroatoms. The van der Waals surface area contributed by atoms with E-state index in [1.54, 1.807) is 6.07 Å². The lowest BCUT2D eigenvalue weighted by atomic mass is 9.97. The van der Waals surface area contributed by atoms with Crippen molar-refractivity contribution in [1.29, 1.82) is 0 Å². The molecule has 106 valence electrons. The highest BCUT2D eigenvalue weighted by atomic mass is 35.5. The van der Waals surface area contributed by atoms with Crippen molar-refractivity contribution < 1.29 is 5.11 Å². The molecule has 0 saturated carbocycles. The zero-order valence-electron chi connectivity index (χ0n) is 11.2. The van der Waals surface area contributed by atoms with Gasteiger partial charge in [0, 0.05) is 19.6 Å². The van der Waals surface area contributed by atoms with Gasteiger partial charge in [0.2, 0.25) is 0 Å². The second kappa shape index (κ2) is 6.16. The normalized spacial score (nSPS) is 23.5. The first-order valence-electron chi connectivity index (χ1n) is 6.55. The van der Waals surface area contributed by atoms with Crippen molar-refractivity contribution in [1.82, 2.24) is 4.98 Å². The van der Waals surface area contributed by atoms with Crippen LogP contribution in [-0.2, 0) is 0 Å². The SMILES string of the molecule is CCNc1nc(N2CCC(O)C(C)C2)c(Cl)cc1Cl. The summed E-state index contributed by atoms with van der Waals surface area (Å²) in [4.78, 5) is 6.62. The molecule has 0 aliphatic carbocycles. The zero-order chi connectivity index (χ0) is 14.0. The summed E-state index contributed by atoms with van der Waals surface area (Å²) in [5, 5.41) is 14.0. The van der Waals surface area contributed by atoms with Gasteiger partial charge in [-0.1, -0.05) is 30.1 Å². The molecular weight excluding hydrogens is 285 g/mol. The van der Waals surface area contributed by atoms with Gasteiger partial charge in [-0.05, 0) is 25.3 Å². The largest absolute Gasteiger partial charge is 0.393 e. The average Bonchev–Trinajstić information content (AvgIpc) is 2.36.